The van der Waals surface area contributed by atoms with Crippen molar-refractivity contribution in [2.45, 2.75) is 32.0 Å². The molecule has 2 atom stereocenters. The number of rotatable bonds is 4. The molecule has 2 nitrogen and oxygen atoms in total. The maximum Gasteiger partial charge on any atom is 0.419 e. The lowest BCUT2D eigenvalue weighted by Gasteiger charge is -2.18. The van der Waals surface area contributed by atoms with Crippen LogP contribution in [0.4, 0.5) is 17.6 Å². The second kappa shape index (κ2) is 6.02. The Bertz CT molecular complexity index is 479. The molecule has 6 heteroatoms. The van der Waals surface area contributed by atoms with Crippen LogP contribution in [0.3, 0.4) is 0 Å². The Morgan fingerprint density at radius 3 is 2.47 bits per heavy atom. The number of alkyl halides is 3. The summed E-state index contributed by atoms with van der Waals surface area (Å²) in [6.45, 7) is 1.79. The fourth-order valence-corrected chi connectivity index (χ4v) is 1.78. The number of aliphatic hydroxyl groups excluding tert-OH is 1. The van der Waals surface area contributed by atoms with Crippen molar-refractivity contribution in [1.29, 1.82) is 5.26 Å². The molecule has 0 aliphatic carbocycles. The summed E-state index contributed by atoms with van der Waals surface area (Å²) in [5, 5.41) is 18.7. The van der Waals surface area contributed by atoms with Crippen LogP contribution in [-0.4, -0.2) is 5.11 Å². The highest BCUT2D eigenvalue weighted by Gasteiger charge is 2.35. The Kier molecular flexibility index (Phi) is 4.90. The molecule has 0 heterocycles. The molecule has 0 fully saturated rings. The van der Waals surface area contributed by atoms with Crippen molar-refractivity contribution in [3.63, 3.8) is 0 Å². The number of nitriles is 1. The van der Waals surface area contributed by atoms with E-state index in [1.165, 1.54) is 0 Å². The first-order chi connectivity index (χ1) is 8.81. The van der Waals surface area contributed by atoms with E-state index in [1.54, 1.807) is 6.92 Å². The number of aliphatic hydroxyl groups is 1. The Labute approximate surface area is 108 Å². The molecule has 0 spiro atoms. The van der Waals surface area contributed by atoms with E-state index in [-0.39, 0.29) is 5.56 Å². The fraction of sp³-hybridized carbons (Fsp3) is 0.462. The van der Waals surface area contributed by atoms with Crippen LogP contribution in [-0.2, 0) is 6.18 Å². The van der Waals surface area contributed by atoms with Gasteiger partial charge < -0.3 is 5.11 Å². The quantitative estimate of drug-likeness (QED) is 0.849. The Morgan fingerprint density at radius 2 is 2.00 bits per heavy atom. The van der Waals surface area contributed by atoms with Crippen LogP contribution < -0.4 is 0 Å². The molecule has 0 aliphatic rings. The molecular weight excluding hydrogens is 262 g/mol. The summed E-state index contributed by atoms with van der Waals surface area (Å²) in [7, 11) is 0. The van der Waals surface area contributed by atoms with Crippen LogP contribution in [0.1, 0.15) is 37.0 Å². The lowest BCUT2D eigenvalue weighted by Crippen LogP contribution is -2.14. The van der Waals surface area contributed by atoms with Crippen molar-refractivity contribution in [1.82, 2.24) is 0 Å². The number of hydrogen-bond donors (Lipinski definition) is 1. The molecule has 0 aliphatic heterocycles. The molecule has 0 saturated carbocycles. The predicted octanol–water partition coefficient (Wildman–Crippen LogP) is 3.82. The molecule has 0 aromatic heterocycles. The molecule has 2 unspecified atom stereocenters. The van der Waals surface area contributed by atoms with Crippen LogP contribution in [0, 0.1) is 23.1 Å². The molecule has 1 aromatic rings. The van der Waals surface area contributed by atoms with E-state index in [2.05, 4.69) is 0 Å². The predicted molar refractivity (Wildman–Crippen MR) is 60.4 cm³/mol. The van der Waals surface area contributed by atoms with E-state index in [9.17, 15) is 22.7 Å². The molecule has 0 saturated heterocycles. The van der Waals surface area contributed by atoms with Crippen LogP contribution in [0.25, 0.3) is 0 Å². The smallest absolute Gasteiger partial charge is 0.387 e. The SMILES string of the molecule is CCCC(C#N)C(O)c1ccc(F)c(C(F)(F)F)c1. The van der Waals surface area contributed by atoms with Gasteiger partial charge in [0.05, 0.1) is 23.7 Å². The van der Waals surface area contributed by atoms with Gasteiger partial charge in [-0.05, 0) is 24.1 Å². The van der Waals surface area contributed by atoms with Gasteiger partial charge in [-0.3, -0.25) is 0 Å². The standard InChI is InChI=1S/C13H13F4NO/c1-2-3-9(7-18)12(19)8-4-5-11(14)10(6-8)13(15,16)17/h4-6,9,12,19H,2-3H2,1H3. The minimum Gasteiger partial charge on any atom is -0.387 e. The van der Waals surface area contributed by atoms with Gasteiger partial charge in [0, 0.05) is 0 Å². The van der Waals surface area contributed by atoms with E-state index in [1.807, 2.05) is 6.07 Å². The normalized spacial score (nSPS) is 14.8. The van der Waals surface area contributed by atoms with Crippen LogP contribution in [0.2, 0.25) is 0 Å². The summed E-state index contributed by atoms with van der Waals surface area (Å²) < 4.78 is 50.7. The van der Waals surface area contributed by atoms with Gasteiger partial charge in [0.1, 0.15) is 5.82 Å². The lowest BCUT2D eigenvalue weighted by atomic mass is 9.92. The van der Waals surface area contributed by atoms with E-state index in [0.29, 0.717) is 25.0 Å². The topological polar surface area (TPSA) is 44.0 Å². The largest absolute Gasteiger partial charge is 0.419 e. The summed E-state index contributed by atoms with van der Waals surface area (Å²) in [5.41, 5.74) is -1.54. The van der Waals surface area contributed by atoms with Crippen LogP contribution >= 0.6 is 0 Å². The molecule has 1 rings (SSSR count). The maximum absolute atomic E-state index is 13.1. The first-order valence-corrected chi connectivity index (χ1v) is 5.75. The third-order valence-electron chi connectivity index (χ3n) is 2.78. The zero-order valence-corrected chi connectivity index (χ0v) is 10.2. The number of hydrogen-bond acceptors (Lipinski definition) is 2. The van der Waals surface area contributed by atoms with Gasteiger partial charge in [-0.25, -0.2) is 4.39 Å². The minimum atomic E-state index is -4.83. The maximum atomic E-state index is 13.1. The summed E-state index contributed by atoms with van der Waals surface area (Å²) >= 11 is 0. The molecular formula is C13H13F4NO. The van der Waals surface area contributed by atoms with Gasteiger partial charge >= 0.3 is 6.18 Å². The van der Waals surface area contributed by atoms with E-state index >= 15 is 0 Å². The molecule has 0 amide bonds. The van der Waals surface area contributed by atoms with Crippen molar-refractivity contribution in [2.24, 2.45) is 5.92 Å². The highest BCUT2D eigenvalue weighted by Crippen LogP contribution is 2.34. The molecule has 1 aromatic carbocycles. The summed E-state index contributed by atoms with van der Waals surface area (Å²) in [6.07, 6.45) is -5.21. The lowest BCUT2D eigenvalue weighted by molar-refractivity contribution is -0.140. The number of nitrogens with zero attached hydrogens (tertiary/aromatic N) is 1. The molecule has 104 valence electrons. The summed E-state index contributed by atoms with van der Waals surface area (Å²) in [5.74, 6) is -2.20. The zero-order valence-electron chi connectivity index (χ0n) is 10.2. The second-order valence-corrected chi connectivity index (χ2v) is 4.21. The Hall–Kier alpha value is -1.61. The monoisotopic (exact) mass is 275 g/mol. The van der Waals surface area contributed by atoms with E-state index in [4.69, 9.17) is 5.26 Å². The molecule has 19 heavy (non-hydrogen) atoms. The average molecular weight is 275 g/mol. The van der Waals surface area contributed by atoms with Crippen molar-refractivity contribution < 1.29 is 22.7 Å². The van der Waals surface area contributed by atoms with Crippen LogP contribution in [0.5, 0.6) is 0 Å². The molecule has 1 N–H and O–H groups in total. The molecule has 0 bridgehead atoms. The van der Waals surface area contributed by atoms with Crippen molar-refractivity contribution >= 4 is 0 Å². The van der Waals surface area contributed by atoms with Gasteiger partial charge in [0.2, 0.25) is 0 Å². The third kappa shape index (κ3) is 3.67. The first-order valence-electron chi connectivity index (χ1n) is 5.75. The summed E-state index contributed by atoms with van der Waals surface area (Å²) in [6, 6.07) is 4.12. The Morgan fingerprint density at radius 1 is 1.37 bits per heavy atom. The van der Waals surface area contributed by atoms with E-state index in [0.717, 1.165) is 6.07 Å². The average Bonchev–Trinajstić information content (AvgIpc) is 2.34. The highest BCUT2D eigenvalue weighted by atomic mass is 19.4. The number of benzene rings is 1. The van der Waals surface area contributed by atoms with Gasteiger partial charge in [-0.1, -0.05) is 19.4 Å². The second-order valence-electron chi connectivity index (χ2n) is 4.21. The fourth-order valence-electron chi connectivity index (χ4n) is 1.78. The number of halogens is 4. The van der Waals surface area contributed by atoms with Crippen LogP contribution in [0.15, 0.2) is 18.2 Å². The third-order valence-corrected chi connectivity index (χ3v) is 2.78. The molecule has 0 radical (unpaired) electrons. The Balaban J connectivity index is 3.12. The van der Waals surface area contributed by atoms with E-state index < -0.39 is 29.6 Å². The zero-order chi connectivity index (χ0) is 14.6. The van der Waals surface area contributed by atoms with Gasteiger partial charge in [-0.15, -0.1) is 0 Å². The van der Waals surface area contributed by atoms with Crippen molar-refractivity contribution in [3.8, 4) is 6.07 Å². The van der Waals surface area contributed by atoms with Crippen molar-refractivity contribution in [2.75, 3.05) is 0 Å². The minimum absolute atomic E-state index is 0.103. The van der Waals surface area contributed by atoms with Gasteiger partial charge in [0.25, 0.3) is 0 Å². The van der Waals surface area contributed by atoms with Gasteiger partial charge in [0.15, 0.2) is 0 Å². The highest BCUT2D eigenvalue weighted by molar-refractivity contribution is 5.29. The first kappa shape index (κ1) is 15.4. The van der Waals surface area contributed by atoms with Gasteiger partial charge in [-0.2, -0.15) is 18.4 Å². The van der Waals surface area contributed by atoms with Crippen molar-refractivity contribution in [3.05, 3.63) is 35.1 Å². The summed E-state index contributed by atoms with van der Waals surface area (Å²) in [4.78, 5) is 0.